The van der Waals surface area contributed by atoms with Gasteiger partial charge in [-0.2, -0.15) is 0 Å². The second-order valence-corrected chi connectivity index (χ2v) is 10.5. The first kappa shape index (κ1) is 24.9. The Kier molecular flexibility index (Phi) is 6.08. The largest absolute Gasteiger partial charge is 0.309 e. The minimum Gasteiger partial charge on any atom is -0.309 e. The lowest BCUT2D eigenvalue weighted by Gasteiger charge is -2.11. The van der Waals surface area contributed by atoms with E-state index in [1.54, 1.807) is 0 Å². The highest BCUT2D eigenvalue weighted by atomic mass is 15.0. The average Bonchev–Trinajstić information content (AvgIpc) is 3.43. The van der Waals surface area contributed by atoms with Crippen LogP contribution >= 0.6 is 0 Å². The van der Waals surface area contributed by atoms with E-state index in [1.807, 2.05) is 60.7 Å². The molecule has 0 radical (unpaired) electrons. The van der Waals surface area contributed by atoms with Gasteiger partial charge in [0.1, 0.15) is 0 Å². The molecular formula is C39H26N4. The van der Waals surface area contributed by atoms with Crippen LogP contribution in [0.5, 0.6) is 0 Å². The Morgan fingerprint density at radius 1 is 0.372 bits per heavy atom. The fourth-order valence-corrected chi connectivity index (χ4v) is 5.84. The van der Waals surface area contributed by atoms with Gasteiger partial charge >= 0.3 is 0 Å². The number of nitrogens with zero attached hydrogens (tertiary/aromatic N) is 4. The summed E-state index contributed by atoms with van der Waals surface area (Å²) in [5.74, 6) is 1.96. The molecule has 0 atom stereocenters. The maximum Gasteiger partial charge on any atom is 0.164 e. The minimum atomic E-state index is 0.648. The van der Waals surface area contributed by atoms with E-state index < -0.39 is 0 Å². The summed E-state index contributed by atoms with van der Waals surface area (Å²) in [6.07, 6.45) is 0. The van der Waals surface area contributed by atoms with E-state index in [1.165, 1.54) is 22.0 Å². The van der Waals surface area contributed by atoms with Crippen molar-refractivity contribution in [3.05, 3.63) is 158 Å². The van der Waals surface area contributed by atoms with Crippen molar-refractivity contribution in [2.75, 3.05) is 0 Å². The smallest absolute Gasteiger partial charge is 0.164 e. The van der Waals surface area contributed by atoms with E-state index in [0.717, 1.165) is 33.3 Å². The minimum absolute atomic E-state index is 0.648. The fraction of sp³-hybridized carbons (Fsp3) is 0. The van der Waals surface area contributed by atoms with Gasteiger partial charge < -0.3 is 4.57 Å². The first-order chi connectivity index (χ1) is 21.3. The van der Waals surface area contributed by atoms with Crippen LogP contribution < -0.4 is 0 Å². The molecule has 0 saturated carbocycles. The molecule has 202 valence electrons. The van der Waals surface area contributed by atoms with Crippen LogP contribution in [0, 0.1) is 0 Å². The highest BCUT2D eigenvalue weighted by Crippen LogP contribution is 2.39. The van der Waals surface area contributed by atoms with Gasteiger partial charge in [0.15, 0.2) is 17.5 Å². The average molecular weight is 551 g/mol. The molecule has 0 aliphatic heterocycles. The fourth-order valence-electron chi connectivity index (χ4n) is 5.84. The van der Waals surface area contributed by atoms with Crippen LogP contribution in [0.2, 0.25) is 0 Å². The van der Waals surface area contributed by atoms with Gasteiger partial charge in [-0.1, -0.05) is 127 Å². The molecule has 2 heterocycles. The zero-order valence-electron chi connectivity index (χ0n) is 23.3. The number of para-hydroxylation sites is 2. The standard InChI is InChI=1S/C39H26N4/c1-5-14-27(15-6-1)32-22-13-23-33-34-26-30(24-25-35(34)43(36(32)33)31-20-11-4-12-21-31)39-41-37(28-16-7-2-8-17-28)40-38(42-39)29-18-9-3-10-19-29/h1-26H. The molecule has 2 aromatic heterocycles. The third-order valence-electron chi connectivity index (χ3n) is 7.84. The molecule has 0 bridgehead atoms. The lowest BCUT2D eigenvalue weighted by atomic mass is 10.0. The molecule has 8 rings (SSSR count). The van der Waals surface area contributed by atoms with E-state index in [0.29, 0.717) is 17.5 Å². The van der Waals surface area contributed by atoms with Crippen LogP contribution in [0.25, 0.3) is 72.8 Å². The van der Waals surface area contributed by atoms with Crippen LogP contribution in [-0.2, 0) is 0 Å². The van der Waals surface area contributed by atoms with E-state index in [9.17, 15) is 0 Å². The molecule has 0 amide bonds. The zero-order chi connectivity index (χ0) is 28.6. The Bertz CT molecular complexity index is 2150. The molecule has 4 nitrogen and oxygen atoms in total. The lowest BCUT2D eigenvalue weighted by molar-refractivity contribution is 1.07. The molecule has 0 fully saturated rings. The van der Waals surface area contributed by atoms with Crippen LogP contribution in [0.3, 0.4) is 0 Å². The Morgan fingerprint density at radius 3 is 1.47 bits per heavy atom. The molecule has 0 N–H and O–H groups in total. The molecule has 43 heavy (non-hydrogen) atoms. The predicted molar refractivity (Wildman–Crippen MR) is 176 cm³/mol. The summed E-state index contributed by atoms with van der Waals surface area (Å²) in [5, 5.41) is 2.33. The molecule has 8 aromatic rings. The lowest BCUT2D eigenvalue weighted by Crippen LogP contribution is -2.00. The van der Waals surface area contributed by atoms with E-state index in [4.69, 9.17) is 15.0 Å². The maximum absolute atomic E-state index is 4.99. The molecule has 0 aliphatic carbocycles. The maximum atomic E-state index is 4.99. The molecule has 0 aliphatic rings. The van der Waals surface area contributed by atoms with Crippen LogP contribution in [0.15, 0.2) is 158 Å². The quantitative estimate of drug-likeness (QED) is 0.214. The van der Waals surface area contributed by atoms with E-state index in [-0.39, 0.29) is 0 Å². The summed E-state index contributed by atoms with van der Waals surface area (Å²) in [6.45, 7) is 0. The number of rotatable bonds is 5. The highest BCUT2D eigenvalue weighted by Gasteiger charge is 2.18. The predicted octanol–water partition coefficient (Wildman–Crippen LogP) is 9.64. The van der Waals surface area contributed by atoms with Crippen LogP contribution in [0.1, 0.15) is 0 Å². The zero-order valence-corrected chi connectivity index (χ0v) is 23.3. The molecule has 0 spiro atoms. The number of fused-ring (bicyclic) bond motifs is 3. The van der Waals surface area contributed by atoms with Crippen molar-refractivity contribution in [3.63, 3.8) is 0 Å². The van der Waals surface area contributed by atoms with Gasteiger partial charge in [0, 0.05) is 38.7 Å². The Hall–Kier alpha value is -5.87. The Balaban J connectivity index is 1.39. The van der Waals surface area contributed by atoms with Crippen molar-refractivity contribution < 1.29 is 0 Å². The normalized spacial score (nSPS) is 11.3. The SMILES string of the molecule is c1ccc(-c2nc(-c3ccccc3)nc(-c3ccc4c(c3)c3cccc(-c5ccccc5)c3n4-c3ccccc3)n2)cc1. The second-order valence-electron chi connectivity index (χ2n) is 10.5. The van der Waals surface area contributed by atoms with E-state index in [2.05, 4.69) is 102 Å². The molecule has 0 saturated heterocycles. The van der Waals surface area contributed by atoms with Gasteiger partial charge in [-0.15, -0.1) is 0 Å². The van der Waals surface area contributed by atoms with Gasteiger partial charge in [0.25, 0.3) is 0 Å². The number of benzene rings is 6. The van der Waals surface area contributed by atoms with Crippen molar-refractivity contribution in [2.24, 2.45) is 0 Å². The van der Waals surface area contributed by atoms with E-state index >= 15 is 0 Å². The Labute approximate surface area is 249 Å². The first-order valence-electron chi connectivity index (χ1n) is 14.4. The van der Waals surface area contributed by atoms with Gasteiger partial charge in [0.05, 0.1) is 11.0 Å². The van der Waals surface area contributed by atoms with Crippen molar-refractivity contribution in [3.8, 4) is 51.0 Å². The second kappa shape index (κ2) is 10.5. The summed E-state index contributed by atoms with van der Waals surface area (Å²) in [5.41, 5.74) is 8.67. The summed E-state index contributed by atoms with van der Waals surface area (Å²) >= 11 is 0. The summed E-state index contributed by atoms with van der Waals surface area (Å²) < 4.78 is 2.37. The molecule has 6 aromatic carbocycles. The van der Waals surface area contributed by atoms with Crippen LogP contribution in [0.4, 0.5) is 0 Å². The van der Waals surface area contributed by atoms with Crippen molar-refractivity contribution in [1.29, 1.82) is 0 Å². The monoisotopic (exact) mass is 550 g/mol. The summed E-state index contributed by atoms with van der Waals surface area (Å²) in [6, 6.07) is 54.5. The highest BCUT2D eigenvalue weighted by molar-refractivity contribution is 6.14. The van der Waals surface area contributed by atoms with Gasteiger partial charge in [-0.05, 0) is 35.9 Å². The first-order valence-corrected chi connectivity index (χ1v) is 14.4. The Morgan fingerprint density at radius 2 is 0.884 bits per heavy atom. The molecular weight excluding hydrogens is 524 g/mol. The van der Waals surface area contributed by atoms with Gasteiger partial charge in [0.2, 0.25) is 0 Å². The van der Waals surface area contributed by atoms with Crippen molar-refractivity contribution in [2.45, 2.75) is 0 Å². The van der Waals surface area contributed by atoms with Crippen molar-refractivity contribution >= 4 is 21.8 Å². The number of aromatic nitrogens is 4. The van der Waals surface area contributed by atoms with Crippen molar-refractivity contribution in [1.82, 2.24) is 19.5 Å². The number of hydrogen-bond donors (Lipinski definition) is 0. The molecule has 4 heteroatoms. The van der Waals surface area contributed by atoms with Gasteiger partial charge in [-0.25, -0.2) is 15.0 Å². The third-order valence-corrected chi connectivity index (χ3v) is 7.84. The molecule has 0 unspecified atom stereocenters. The number of hydrogen-bond acceptors (Lipinski definition) is 3. The van der Waals surface area contributed by atoms with Crippen LogP contribution in [-0.4, -0.2) is 19.5 Å². The van der Waals surface area contributed by atoms with Gasteiger partial charge in [-0.3, -0.25) is 0 Å². The summed E-state index contributed by atoms with van der Waals surface area (Å²) in [7, 11) is 0. The summed E-state index contributed by atoms with van der Waals surface area (Å²) in [4.78, 5) is 14.8. The third kappa shape index (κ3) is 4.46. The topological polar surface area (TPSA) is 43.6 Å².